The minimum atomic E-state index is -1.63. The molecule has 0 aromatic heterocycles. The molecule has 0 radical (unpaired) electrons. The first-order chi connectivity index (χ1) is 16.6. The van der Waals surface area contributed by atoms with Crippen molar-refractivity contribution in [3.05, 3.63) is 81.4 Å². The third kappa shape index (κ3) is 2.17. The Morgan fingerprint density at radius 3 is 2.43 bits per heavy atom. The van der Waals surface area contributed by atoms with E-state index in [0.29, 0.717) is 11.4 Å². The van der Waals surface area contributed by atoms with Gasteiger partial charge in [0, 0.05) is 11.1 Å². The van der Waals surface area contributed by atoms with Gasteiger partial charge in [0.15, 0.2) is 5.41 Å². The normalized spacial score (nSPS) is 22.9. The molecule has 6 rings (SSSR count). The van der Waals surface area contributed by atoms with Crippen LogP contribution in [0.4, 0.5) is 17.1 Å². The smallest absolute Gasteiger partial charge is 0.249 e. The van der Waals surface area contributed by atoms with Crippen molar-refractivity contribution in [2.75, 3.05) is 15.1 Å². The van der Waals surface area contributed by atoms with Crippen molar-refractivity contribution in [3.8, 4) is 12.1 Å². The van der Waals surface area contributed by atoms with Gasteiger partial charge in [0.25, 0.3) is 0 Å². The van der Waals surface area contributed by atoms with Crippen molar-refractivity contribution in [1.82, 2.24) is 0 Å². The molecule has 0 saturated carbocycles. The molecule has 1 spiro atoms. The van der Waals surface area contributed by atoms with Crippen molar-refractivity contribution in [3.63, 3.8) is 0 Å². The highest BCUT2D eigenvalue weighted by molar-refractivity contribution is 6.19. The Balaban J connectivity index is 1.81. The molecule has 2 aromatic rings. The number of nitrogens with two attached hydrogens (primary N) is 1. The largest absolute Gasteiger partial charge is 0.384 e. The standard InChI is InChI=1S/C28H24N6O/c1-14-10-17-15(2)11-27(4,5)34-23(17)22(16(14)3)28(26(34)35)18(12-29)24(31)33-21-9-7-6-8-20(21)32-25(33)19(28)13-30/h6-11,32H,31H2,1-5H3/t28-/m0/s1. The second-order valence-corrected chi connectivity index (χ2v) is 10.1. The first-order valence-corrected chi connectivity index (χ1v) is 11.5. The number of nitrogens with one attached hydrogen (secondary N) is 1. The molecule has 35 heavy (non-hydrogen) atoms. The number of hydrogen-bond donors (Lipinski definition) is 2. The van der Waals surface area contributed by atoms with Gasteiger partial charge < -0.3 is 16.0 Å². The summed E-state index contributed by atoms with van der Waals surface area (Å²) in [4.78, 5) is 18.2. The number of nitrogens with zero attached hydrogens (tertiary/aromatic N) is 4. The SMILES string of the molecule is CC1=CC(C)(C)N2C(=O)[C@]3(C(C#N)=C(N)N4C(=C3C#N)Nc3ccccc34)c3c(C)c(C)cc1c32. The van der Waals surface area contributed by atoms with Gasteiger partial charge in [-0.25, -0.2) is 0 Å². The molecule has 4 heterocycles. The summed E-state index contributed by atoms with van der Waals surface area (Å²) in [5.41, 5.74) is 11.5. The number of allylic oxidation sites excluding steroid dienone is 1. The molecule has 4 aliphatic rings. The van der Waals surface area contributed by atoms with Crippen LogP contribution in [-0.2, 0) is 10.2 Å². The maximum Gasteiger partial charge on any atom is 0.249 e. The second-order valence-electron chi connectivity index (χ2n) is 10.1. The monoisotopic (exact) mass is 460 g/mol. The molecule has 1 atom stereocenters. The van der Waals surface area contributed by atoms with E-state index in [1.165, 1.54) is 0 Å². The lowest BCUT2D eigenvalue weighted by molar-refractivity contribution is -0.121. The fourth-order valence-corrected chi connectivity index (χ4v) is 6.34. The van der Waals surface area contributed by atoms with E-state index < -0.39 is 11.0 Å². The van der Waals surface area contributed by atoms with Crippen molar-refractivity contribution >= 4 is 28.5 Å². The maximum atomic E-state index is 14.7. The van der Waals surface area contributed by atoms with Gasteiger partial charge in [-0.1, -0.05) is 18.2 Å². The summed E-state index contributed by atoms with van der Waals surface area (Å²) in [7, 11) is 0. The van der Waals surface area contributed by atoms with Gasteiger partial charge in [-0.05, 0) is 69.5 Å². The molecule has 172 valence electrons. The number of benzene rings is 2. The Morgan fingerprint density at radius 1 is 1.06 bits per heavy atom. The first-order valence-electron chi connectivity index (χ1n) is 11.5. The predicted molar refractivity (Wildman–Crippen MR) is 135 cm³/mol. The highest BCUT2D eigenvalue weighted by Gasteiger charge is 2.65. The summed E-state index contributed by atoms with van der Waals surface area (Å²) in [5, 5.41) is 24.5. The van der Waals surface area contributed by atoms with E-state index in [-0.39, 0.29) is 22.9 Å². The van der Waals surface area contributed by atoms with Gasteiger partial charge in [-0.2, -0.15) is 10.5 Å². The minimum Gasteiger partial charge on any atom is -0.384 e. The van der Waals surface area contributed by atoms with E-state index >= 15 is 0 Å². The zero-order chi connectivity index (χ0) is 25.0. The number of aryl methyl sites for hydroxylation is 1. The Bertz CT molecular complexity index is 1590. The molecule has 7 heteroatoms. The molecular weight excluding hydrogens is 436 g/mol. The molecule has 3 N–H and O–H groups in total. The van der Waals surface area contributed by atoms with Gasteiger partial charge in [-0.3, -0.25) is 9.69 Å². The molecule has 0 bridgehead atoms. The lowest BCUT2D eigenvalue weighted by Gasteiger charge is -2.41. The topological polar surface area (TPSA) is 109 Å². The van der Waals surface area contributed by atoms with Gasteiger partial charge in [-0.15, -0.1) is 0 Å². The van der Waals surface area contributed by atoms with E-state index in [1.807, 2.05) is 58.9 Å². The van der Waals surface area contributed by atoms with Crippen LogP contribution in [0.5, 0.6) is 0 Å². The average Bonchev–Trinajstić information content (AvgIpc) is 3.31. The van der Waals surface area contributed by atoms with Crippen LogP contribution in [0.25, 0.3) is 5.57 Å². The number of anilines is 3. The summed E-state index contributed by atoms with van der Waals surface area (Å²) in [6, 6.07) is 14.2. The Labute approximate surface area is 204 Å². The van der Waals surface area contributed by atoms with Gasteiger partial charge >= 0.3 is 0 Å². The van der Waals surface area contributed by atoms with Crippen LogP contribution in [0.15, 0.2) is 59.2 Å². The zero-order valence-electron chi connectivity index (χ0n) is 20.2. The predicted octanol–water partition coefficient (Wildman–Crippen LogP) is 4.46. The zero-order valence-corrected chi connectivity index (χ0v) is 20.2. The van der Waals surface area contributed by atoms with Crippen LogP contribution in [-0.4, -0.2) is 11.4 Å². The van der Waals surface area contributed by atoms with Crippen molar-refractivity contribution in [1.29, 1.82) is 10.5 Å². The molecule has 0 saturated heterocycles. The van der Waals surface area contributed by atoms with E-state index in [9.17, 15) is 15.3 Å². The van der Waals surface area contributed by atoms with Crippen LogP contribution >= 0.6 is 0 Å². The Morgan fingerprint density at radius 2 is 1.74 bits per heavy atom. The average molecular weight is 461 g/mol. The first kappa shape index (κ1) is 21.1. The summed E-state index contributed by atoms with van der Waals surface area (Å²) < 4.78 is 0. The Kier molecular flexibility index (Phi) is 3.82. The van der Waals surface area contributed by atoms with Crippen LogP contribution in [0.3, 0.4) is 0 Å². The maximum absolute atomic E-state index is 14.7. The number of carbonyl (C=O) groups is 1. The number of amides is 1. The number of nitriles is 2. The summed E-state index contributed by atoms with van der Waals surface area (Å²) >= 11 is 0. The lowest BCUT2D eigenvalue weighted by Crippen LogP contribution is -2.54. The van der Waals surface area contributed by atoms with Crippen molar-refractivity contribution < 1.29 is 4.79 Å². The van der Waals surface area contributed by atoms with E-state index in [2.05, 4.69) is 29.6 Å². The molecule has 0 unspecified atom stereocenters. The number of fused-ring (bicyclic) bond motifs is 4. The molecule has 0 fully saturated rings. The van der Waals surface area contributed by atoms with Crippen LogP contribution in [0.2, 0.25) is 0 Å². The van der Waals surface area contributed by atoms with E-state index in [0.717, 1.165) is 39.3 Å². The summed E-state index contributed by atoms with van der Waals surface area (Å²) in [6.45, 7) is 9.95. The highest BCUT2D eigenvalue weighted by atomic mass is 16.2. The van der Waals surface area contributed by atoms with Gasteiger partial charge in [0.05, 0.1) is 33.7 Å². The number of hydrogen-bond acceptors (Lipinski definition) is 6. The molecule has 2 aromatic carbocycles. The molecule has 0 aliphatic carbocycles. The van der Waals surface area contributed by atoms with Crippen LogP contribution in [0.1, 0.15) is 43.0 Å². The third-order valence-corrected chi connectivity index (χ3v) is 7.84. The molecule has 1 amide bonds. The van der Waals surface area contributed by atoms with Crippen LogP contribution in [0, 0.1) is 36.5 Å². The highest BCUT2D eigenvalue weighted by Crippen LogP contribution is 2.61. The fraction of sp³-hybridized carbons (Fsp3) is 0.250. The number of rotatable bonds is 0. The van der Waals surface area contributed by atoms with Crippen molar-refractivity contribution in [2.45, 2.75) is 45.6 Å². The minimum absolute atomic E-state index is 0.0834. The van der Waals surface area contributed by atoms with E-state index in [1.54, 1.807) is 9.80 Å². The lowest BCUT2D eigenvalue weighted by atomic mass is 9.66. The number of carbonyl (C=O) groups excluding carboxylic acids is 1. The molecule has 7 nitrogen and oxygen atoms in total. The summed E-state index contributed by atoms with van der Waals surface area (Å²) in [6.07, 6.45) is 2.07. The second kappa shape index (κ2) is 6.34. The Hall–Kier alpha value is -4.49. The van der Waals surface area contributed by atoms with Gasteiger partial charge in [0.2, 0.25) is 5.91 Å². The van der Waals surface area contributed by atoms with Gasteiger partial charge in [0.1, 0.15) is 23.8 Å². The molecular formula is C28H24N6O. The molecule has 4 aliphatic heterocycles. The third-order valence-electron chi connectivity index (χ3n) is 7.84. The van der Waals surface area contributed by atoms with Crippen LogP contribution < -0.4 is 20.9 Å². The fourth-order valence-electron chi connectivity index (χ4n) is 6.34. The summed E-state index contributed by atoms with van der Waals surface area (Å²) in [5.74, 6) is 0.261. The quantitative estimate of drug-likeness (QED) is 0.601. The van der Waals surface area contributed by atoms with E-state index in [4.69, 9.17) is 5.73 Å². The van der Waals surface area contributed by atoms with Crippen molar-refractivity contribution in [2.24, 2.45) is 5.73 Å². The number of para-hydroxylation sites is 2.